The summed E-state index contributed by atoms with van der Waals surface area (Å²) in [6.07, 6.45) is 3.63. The predicted molar refractivity (Wildman–Crippen MR) is 119 cm³/mol. The molecule has 0 radical (unpaired) electrons. The summed E-state index contributed by atoms with van der Waals surface area (Å²) in [6.45, 7) is 2.97. The standard InChI is InChI=1S/C24H25Cl2NO4/c25-20-2-1-3-21(26)18(20)13-30-17-4-5-19-22(12-17)31-14-24(19)6-8-27(9-7-24)16-10-15(11-16)23(28)29/h1-5,12,15-16H,6-11,13-14H2,(H,28,29). The van der Waals surface area contributed by atoms with Gasteiger partial charge >= 0.3 is 5.97 Å². The highest BCUT2D eigenvalue weighted by Crippen LogP contribution is 2.48. The fourth-order valence-corrected chi connectivity index (χ4v) is 5.59. The molecule has 2 aromatic carbocycles. The third-order valence-corrected chi connectivity index (χ3v) is 7.92. The molecule has 0 bridgehead atoms. The summed E-state index contributed by atoms with van der Waals surface area (Å²) in [5, 5.41) is 10.3. The third-order valence-electron chi connectivity index (χ3n) is 7.21. The molecule has 2 fully saturated rings. The number of hydrogen-bond donors (Lipinski definition) is 1. The van der Waals surface area contributed by atoms with E-state index in [4.69, 9.17) is 37.8 Å². The summed E-state index contributed by atoms with van der Waals surface area (Å²) in [5.74, 6) is 0.817. The highest BCUT2D eigenvalue weighted by Gasteiger charge is 2.46. The van der Waals surface area contributed by atoms with E-state index in [9.17, 15) is 4.79 Å². The largest absolute Gasteiger partial charge is 0.492 e. The number of rotatable bonds is 5. The zero-order chi connectivity index (χ0) is 21.6. The van der Waals surface area contributed by atoms with E-state index in [0.717, 1.165) is 55.8 Å². The van der Waals surface area contributed by atoms with Crippen LogP contribution in [-0.4, -0.2) is 41.7 Å². The first-order valence-electron chi connectivity index (χ1n) is 10.7. The van der Waals surface area contributed by atoms with Gasteiger partial charge in [-0.25, -0.2) is 0 Å². The molecule has 3 aliphatic rings. The molecule has 1 saturated carbocycles. The fourth-order valence-electron chi connectivity index (χ4n) is 5.09. The Hall–Kier alpha value is -1.95. The van der Waals surface area contributed by atoms with Gasteiger partial charge in [0.2, 0.25) is 0 Å². The minimum Gasteiger partial charge on any atom is -0.492 e. The Labute approximate surface area is 191 Å². The molecule has 7 heteroatoms. The molecule has 31 heavy (non-hydrogen) atoms. The molecule has 1 saturated heterocycles. The van der Waals surface area contributed by atoms with Gasteiger partial charge in [0.25, 0.3) is 0 Å². The van der Waals surface area contributed by atoms with Crippen LogP contribution in [0.3, 0.4) is 0 Å². The van der Waals surface area contributed by atoms with Crippen molar-refractivity contribution in [3.05, 3.63) is 57.6 Å². The van der Waals surface area contributed by atoms with Crippen LogP contribution in [-0.2, 0) is 16.8 Å². The highest BCUT2D eigenvalue weighted by atomic mass is 35.5. The molecular weight excluding hydrogens is 437 g/mol. The molecule has 2 aromatic rings. The monoisotopic (exact) mass is 461 g/mol. The Balaban J connectivity index is 1.22. The van der Waals surface area contributed by atoms with Gasteiger partial charge in [-0.2, -0.15) is 0 Å². The van der Waals surface area contributed by atoms with E-state index in [1.165, 1.54) is 5.56 Å². The van der Waals surface area contributed by atoms with Crippen molar-refractivity contribution < 1.29 is 19.4 Å². The van der Waals surface area contributed by atoms with E-state index in [-0.39, 0.29) is 11.3 Å². The fraction of sp³-hybridized carbons (Fsp3) is 0.458. The van der Waals surface area contributed by atoms with Gasteiger partial charge in [-0.05, 0) is 57.0 Å². The van der Waals surface area contributed by atoms with E-state index in [0.29, 0.717) is 29.3 Å². The maximum Gasteiger partial charge on any atom is 0.306 e. The van der Waals surface area contributed by atoms with Crippen LogP contribution in [0.2, 0.25) is 10.0 Å². The van der Waals surface area contributed by atoms with E-state index in [1.807, 2.05) is 18.2 Å². The predicted octanol–water partition coefficient (Wildman–Crippen LogP) is 5.16. The molecule has 1 aliphatic carbocycles. The Morgan fingerprint density at radius 3 is 2.55 bits per heavy atom. The Kier molecular flexibility index (Phi) is 5.53. The first-order chi connectivity index (χ1) is 14.9. The molecule has 1 N–H and O–H groups in total. The molecule has 0 unspecified atom stereocenters. The summed E-state index contributed by atoms with van der Waals surface area (Å²) in [6, 6.07) is 11.9. The number of fused-ring (bicyclic) bond motifs is 2. The molecule has 1 spiro atoms. The quantitative estimate of drug-likeness (QED) is 0.665. The molecule has 164 valence electrons. The van der Waals surface area contributed by atoms with Gasteiger partial charge in [-0.15, -0.1) is 0 Å². The van der Waals surface area contributed by atoms with Gasteiger partial charge in [0.05, 0.1) is 12.5 Å². The second-order valence-corrected chi connectivity index (χ2v) is 9.73. The zero-order valence-electron chi connectivity index (χ0n) is 17.2. The first kappa shape index (κ1) is 20.9. The molecule has 0 aromatic heterocycles. The van der Waals surface area contributed by atoms with Crippen LogP contribution in [0.25, 0.3) is 0 Å². The number of carbonyl (C=O) groups is 1. The van der Waals surface area contributed by atoms with E-state index in [1.54, 1.807) is 12.1 Å². The Morgan fingerprint density at radius 2 is 1.87 bits per heavy atom. The summed E-state index contributed by atoms with van der Waals surface area (Å²) < 4.78 is 12.0. The average Bonchev–Trinajstić information content (AvgIpc) is 3.05. The summed E-state index contributed by atoms with van der Waals surface area (Å²) in [5.41, 5.74) is 2.08. The van der Waals surface area contributed by atoms with Gasteiger partial charge < -0.3 is 19.5 Å². The summed E-state index contributed by atoms with van der Waals surface area (Å²) in [7, 11) is 0. The number of ether oxygens (including phenoxy) is 2. The lowest BCUT2D eigenvalue weighted by molar-refractivity contribution is -0.147. The van der Waals surface area contributed by atoms with Crippen molar-refractivity contribution >= 4 is 29.2 Å². The lowest BCUT2D eigenvalue weighted by atomic mass is 9.72. The van der Waals surface area contributed by atoms with Crippen LogP contribution >= 0.6 is 23.2 Å². The minimum absolute atomic E-state index is 0.0480. The number of carboxylic acids is 1. The van der Waals surface area contributed by atoms with Crippen molar-refractivity contribution in [2.24, 2.45) is 5.92 Å². The highest BCUT2D eigenvalue weighted by molar-refractivity contribution is 6.35. The molecule has 0 amide bonds. The normalized spacial score (nSPS) is 24.3. The lowest BCUT2D eigenvalue weighted by Gasteiger charge is -2.46. The van der Waals surface area contributed by atoms with Gasteiger partial charge in [0, 0.05) is 38.7 Å². The Morgan fingerprint density at radius 1 is 1.16 bits per heavy atom. The van der Waals surface area contributed by atoms with Gasteiger partial charge in [-0.1, -0.05) is 35.3 Å². The average molecular weight is 462 g/mol. The molecule has 5 rings (SSSR count). The van der Waals surface area contributed by atoms with Crippen LogP contribution < -0.4 is 9.47 Å². The second-order valence-electron chi connectivity index (χ2n) is 8.91. The number of carboxylic acid groups (broad SMARTS) is 1. The lowest BCUT2D eigenvalue weighted by Crippen LogP contribution is -2.52. The van der Waals surface area contributed by atoms with Crippen LogP contribution in [0.4, 0.5) is 0 Å². The van der Waals surface area contributed by atoms with Crippen molar-refractivity contribution in [1.82, 2.24) is 4.90 Å². The molecule has 2 heterocycles. The molecule has 2 aliphatic heterocycles. The summed E-state index contributed by atoms with van der Waals surface area (Å²) in [4.78, 5) is 13.5. The number of benzene rings is 2. The SMILES string of the molecule is O=C(O)C1CC(N2CCC3(CC2)COc2cc(OCc4c(Cl)cccc4Cl)ccc23)C1. The van der Waals surface area contributed by atoms with Crippen LogP contribution in [0.5, 0.6) is 11.5 Å². The maximum atomic E-state index is 11.1. The second kappa shape index (κ2) is 8.19. The molecule has 0 atom stereocenters. The number of hydrogen-bond acceptors (Lipinski definition) is 4. The number of aliphatic carboxylic acids is 1. The van der Waals surface area contributed by atoms with Gasteiger partial charge in [0.15, 0.2) is 0 Å². The van der Waals surface area contributed by atoms with E-state index < -0.39 is 5.97 Å². The third kappa shape index (κ3) is 3.88. The topological polar surface area (TPSA) is 59.0 Å². The van der Waals surface area contributed by atoms with Crippen molar-refractivity contribution in [3.63, 3.8) is 0 Å². The minimum atomic E-state index is -0.655. The number of piperidine rings is 1. The van der Waals surface area contributed by atoms with Crippen LogP contribution in [0.15, 0.2) is 36.4 Å². The summed E-state index contributed by atoms with van der Waals surface area (Å²) >= 11 is 12.5. The van der Waals surface area contributed by atoms with Crippen molar-refractivity contribution in [1.29, 1.82) is 0 Å². The molecular formula is C24H25Cl2NO4. The van der Waals surface area contributed by atoms with Crippen molar-refractivity contribution in [3.8, 4) is 11.5 Å². The smallest absolute Gasteiger partial charge is 0.306 e. The van der Waals surface area contributed by atoms with Gasteiger partial charge in [0.1, 0.15) is 18.1 Å². The number of halogens is 2. The first-order valence-corrected chi connectivity index (χ1v) is 11.5. The van der Waals surface area contributed by atoms with Crippen molar-refractivity contribution in [2.45, 2.75) is 43.7 Å². The van der Waals surface area contributed by atoms with E-state index in [2.05, 4.69) is 11.0 Å². The number of nitrogens with zero attached hydrogens (tertiary/aromatic N) is 1. The molecule has 5 nitrogen and oxygen atoms in total. The van der Waals surface area contributed by atoms with E-state index >= 15 is 0 Å². The van der Waals surface area contributed by atoms with Crippen LogP contribution in [0.1, 0.15) is 36.8 Å². The van der Waals surface area contributed by atoms with Gasteiger partial charge in [-0.3, -0.25) is 4.79 Å². The number of likely N-dealkylation sites (tertiary alicyclic amines) is 1. The van der Waals surface area contributed by atoms with Crippen LogP contribution in [0, 0.1) is 5.92 Å². The van der Waals surface area contributed by atoms with Crippen molar-refractivity contribution in [2.75, 3.05) is 19.7 Å². The maximum absolute atomic E-state index is 11.1. The Bertz CT molecular complexity index is 977. The zero-order valence-corrected chi connectivity index (χ0v) is 18.7.